The van der Waals surface area contributed by atoms with Gasteiger partial charge in [-0.3, -0.25) is 4.57 Å². The van der Waals surface area contributed by atoms with Crippen molar-refractivity contribution in [2.75, 3.05) is 19.0 Å². The molecular weight excluding hydrogens is 172 g/mol. The van der Waals surface area contributed by atoms with Crippen LogP contribution >= 0.6 is 0 Å². The summed E-state index contributed by atoms with van der Waals surface area (Å²) in [5, 5.41) is 10.6. The molecule has 0 radical (unpaired) electrons. The smallest absolute Gasteiger partial charge is 0.358 e. The lowest BCUT2D eigenvalue weighted by Crippen LogP contribution is -2.14. The van der Waals surface area contributed by atoms with Gasteiger partial charge in [-0.25, -0.2) is 0 Å². The molecule has 6 heteroatoms. The van der Waals surface area contributed by atoms with E-state index in [-0.39, 0.29) is 5.82 Å². The first-order chi connectivity index (χ1) is 5.95. The summed E-state index contributed by atoms with van der Waals surface area (Å²) in [7, 11) is 5.26. The first-order valence-electron chi connectivity index (χ1n) is 3.80. The van der Waals surface area contributed by atoms with Crippen LogP contribution in [0.1, 0.15) is 5.82 Å². The first kappa shape index (κ1) is 9.50. The number of rotatable bonds is 2. The molecule has 0 spiro atoms. The molecule has 13 heavy (non-hydrogen) atoms. The number of nitro groups is 1. The van der Waals surface area contributed by atoms with Crippen LogP contribution in [-0.2, 0) is 7.05 Å². The zero-order valence-electron chi connectivity index (χ0n) is 8.11. The second-order valence-corrected chi connectivity index (χ2v) is 3.02. The Morgan fingerprint density at radius 3 is 2.38 bits per heavy atom. The highest BCUT2D eigenvalue weighted by Crippen LogP contribution is 2.25. The largest absolute Gasteiger partial charge is 0.406 e. The Kier molecular flexibility index (Phi) is 2.22. The van der Waals surface area contributed by atoms with Crippen LogP contribution in [0, 0.1) is 17.0 Å². The number of hydrogen-bond acceptors (Lipinski definition) is 4. The monoisotopic (exact) mass is 184 g/mol. The summed E-state index contributed by atoms with van der Waals surface area (Å²) in [5.74, 6) is 1.06. The Morgan fingerprint density at radius 1 is 1.54 bits per heavy atom. The van der Waals surface area contributed by atoms with Crippen molar-refractivity contribution in [2.45, 2.75) is 6.92 Å². The van der Waals surface area contributed by atoms with Gasteiger partial charge in [-0.05, 0) is 9.91 Å². The summed E-state index contributed by atoms with van der Waals surface area (Å²) >= 11 is 0. The van der Waals surface area contributed by atoms with Crippen LogP contribution in [0.25, 0.3) is 0 Å². The normalized spacial score (nSPS) is 10.2. The molecule has 0 aromatic carbocycles. The van der Waals surface area contributed by atoms with E-state index in [1.165, 1.54) is 0 Å². The van der Waals surface area contributed by atoms with Crippen LogP contribution in [0.15, 0.2) is 0 Å². The van der Waals surface area contributed by atoms with Gasteiger partial charge in [0.15, 0.2) is 0 Å². The molecule has 1 rings (SSSR count). The molecular formula is C7H12N4O2. The van der Waals surface area contributed by atoms with E-state index in [4.69, 9.17) is 0 Å². The molecule has 1 aromatic heterocycles. The Bertz CT molecular complexity index is 343. The van der Waals surface area contributed by atoms with Gasteiger partial charge in [-0.1, -0.05) is 0 Å². The van der Waals surface area contributed by atoms with Crippen molar-refractivity contribution < 1.29 is 4.92 Å². The van der Waals surface area contributed by atoms with Crippen molar-refractivity contribution in [3.63, 3.8) is 0 Å². The average molecular weight is 184 g/mol. The number of hydrogen-bond donors (Lipinski definition) is 0. The third-order valence-electron chi connectivity index (χ3n) is 1.87. The minimum Gasteiger partial charge on any atom is -0.358 e. The Balaban J connectivity index is 3.35. The zero-order valence-corrected chi connectivity index (χ0v) is 8.11. The summed E-state index contributed by atoms with van der Waals surface area (Å²) in [6, 6.07) is 0. The van der Waals surface area contributed by atoms with E-state index in [0.29, 0.717) is 11.6 Å². The van der Waals surface area contributed by atoms with Crippen LogP contribution in [0.5, 0.6) is 0 Å². The molecule has 0 saturated carbocycles. The van der Waals surface area contributed by atoms with Crippen LogP contribution < -0.4 is 4.90 Å². The second kappa shape index (κ2) is 3.04. The van der Waals surface area contributed by atoms with Gasteiger partial charge in [0.05, 0.1) is 0 Å². The molecule has 1 aromatic rings. The minimum absolute atomic E-state index is 0.0926. The number of aromatic nitrogens is 2. The lowest BCUT2D eigenvalue weighted by molar-refractivity contribution is -0.388. The highest BCUT2D eigenvalue weighted by molar-refractivity contribution is 5.54. The summed E-state index contributed by atoms with van der Waals surface area (Å²) in [5.41, 5.74) is 0. The molecule has 1 heterocycles. The average Bonchev–Trinajstić information content (AvgIpc) is 2.28. The predicted octanol–water partition coefficient (Wildman–Crippen LogP) is 0.703. The number of aryl methyl sites for hydroxylation is 1. The van der Waals surface area contributed by atoms with Crippen LogP contribution in [0.2, 0.25) is 0 Å². The third kappa shape index (κ3) is 1.47. The SMILES string of the molecule is Cc1nc([N+](=O)[O-])c(N(C)C)n1C. The zero-order chi connectivity index (χ0) is 10.2. The fraction of sp³-hybridized carbons (Fsp3) is 0.571. The van der Waals surface area contributed by atoms with E-state index in [1.807, 2.05) is 0 Å². The standard InChI is InChI=1S/C7H12N4O2/c1-5-8-6(11(12)13)7(9(2)3)10(5)4/h1-4H3. The molecule has 0 amide bonds. The molecule has 72 valence electrons. The molecule has 0 atom stereocenters. The van der Waals surface area contributed by atoms with Gasteiger partial charge in [-0.2, -0.15) is 0 Å². The first-order valence-corrected chi connectivity index (χ1v) is 3.80. The Labute approximate surface area is 75.9 Å². The maximum atomic E-state index is 10.6. The highest BCUT2D eigenvalue weighted by atomic mass is 16.6. The van der Waals surface area contributed by atoms with Crippen LogP contribution in [-0.4, -0.2) is 28.6 Å². The van der Waals surface area contributed by atoms with Crippen molar-refractivity contribution in [3.05, 3.63) is 15.9 Å². The van der Waals surface area contributed by atoms with E-state index in [0.717, 1.165) is 0 Å². The predicted molar refractivity (Wildman–Crippen MR) is 48.9 cm³/mol. The summed E-state index contributed by atoms with van der Waals surface area (Å²) < 4.78 is 1.69. The molecule has 0 unspecified atom stereocenters. The lowest BCUT2D eigenvalue weighted by atomic mass is 10.6. The second-order valence-electron chi connectivity index (χ2n) is 3.02. The maximum absolute atomic E-state index is 10.6. The molecule has 6 nitrogen and oxygen atoms in total. The van der Waals surface area contributed by atoms with Gasteiger partial charge >= 0.3 is 5.82 Å². The van der Waals surface area contributed by atoms with Crippen LogP contribution in [0.4, 0.5) is 11.6 Å². The summed E-state index contributed by atoms with van der Waals surface area (Å²) in [4.78, 5) is 15.7. The van der Waals surface area contributed by atoms with Gasteiger partial charge in [-0.15, -0.1) is 0 Å². The van der Waals surface area contributed by atoms with E-state index < -0.39 is 4.92 Å². The van der Waals surface area contributed by atoms with Crippen LogP contribution in [0.3, 0.4) is 0 Å². The fourth-order valence-electron chi connectivity index (χ4n) is 1.20. The molecule has 0 aliphatic carbocycles. The van der Waals surface area contributed by atoms with E-state index in [1.54, 1.807) is 37.5 Å². The van der Waals surface area contributed by atoms with Crippen molar-refractivity contribution >= 4 is 11.6 Å². The molecule has 0 bridgehead atoms. The van der Waals surface area contributed by atoms with E-state index in [9.17, 15) is 10.1 Å². The topological polar surface area (TPSA) is 64.2 Å². The lowest BCUT2D eigenvalue weighted by Gasteiger charge is -2.11. The third-order valence-corrected chi connectivity index (χ3v) is 1.87. The number of anilines is 1. The van der Waals surface area contributed by atoms with Crippen molar-refractivity contribution in [3.8, 4) is 0 Å². The number of imidazole rings is 1. The van der Waals surface area contributed by atoms with Gasteiger partial charge in [0.2, 0.25) is 11.6 Å². The minimum atomic E-state index is -0.470. The maximum Gasteiger partial charge on any atom is 0.406 e. The van der Waals surface area contributed by atoms with Crippen molar-refractivity contribution in [1.82, 2.24) is 9.55 Å². The van der Waals surface area contributed by atoms with Gasteiger partial charge in [0.1, 0.15) is 0 Å². The van der Waals surface area contributed by atoms with Gasteiger partial charge < -0.3 is 15.0 Å². The Hall–Kier alpha value is -1.59. The fourth-order valence-corrected chi connectivity index (χ4v) is 1.20. The van der Waals surface area contributed by atoms with Gasteiger partial charge in [0, 0.05) is 28.1 Å². The molecule has 0 fully saturated rings. The summed E-state index contributed by atoms with van der Waals surface area (Å²) in [6.45, 7) is 1.74. The molecule has 0 N–H and O–H groups in total. The van der Waals surface area contributed by atoms with E-state index in [2.05, 4.69) is 4.98 Å². The quantitative estimate of drug-likeness (QED) is 0.501. The molecule has 0 saturated heterocycles. The van der Waals surface area contributed by atoms with Gasteiger partial charge in [0.25, 0.3) is 0 Å². The summed E-state index contributed by atoms with van der Waals surface area (Å²) in [6.07, 6.45) is 0. The van der Waals surface area contributed by atoms with E-state index >= 15 is 0 Å². The molecule has 0 aliphatic heterocycles. The number of nitrogens with zero attached hydrogens (tertiary/aromatic N) is 4. The van der Waals surface area contributed by atoms with Crippen molar-refractivity contribution in [1.29, 1.82) is 0 Å². The Morgan fingerprint density at radius 2 is 2.08 bits per heavy atom. The van der Waals surface area contributed by atoms with Crippen molar-refractivity contribution in [2.24, 2.45) is 7.05 Å². The highest BCUT2D eigenvalue weighted by Gasteiger charge is 2.24. The molecule has 0 aliphatic rings.